The van der Waals surface area contributed by atoms with E-state index in [1.807, 2.05) is 41.3 Å². The summed E-state index contributed by atoms with van der Waals surface area (Å²) in [5, 5.41) is 8.92. The standard InChI is InChI=1S/C23H25ClN4O2/c1-3-14-27(2)19-10-6-17(7-11-19)23(29)28(20-12-13-20)15-21-25-26-22(30-21)16-4-8-18(24)9-5-16/h4-11,20H,3,12-15H2,1-2H3. The van der Waals surface area contributed by atoms with Crippen molar-refractivity contribution in [1.82, 2.24) is 15.1 Å². The van der Waals surface area contributed by atoms with E-state index in [4.69, 9.17) is 16.0 Å². The lowest BCUT2D eigenvalue weighted by molar-refractivity contribution is 0.0714. The predicted octanol–water partition coefficient (Wildman–Crippen LogP) is 5.04. The molecule has 1 saturated carbocycles. The van der Waals surface area contributed by atoms with Crippen LogP contribution in [0.1, 0.15) is 42.4 Å². The van der Waals surface area contributed by atoms with Gasteiger partial charge in [0.15, 0.2) is 0 Å². The average Bonchev–Trinajstić information content (AvgIpc) is 3.50. The van der Waals surface area contributed by atoms with Gasteiger partial charge in [0.25, 0.3) is 5.91 Å². The fraction of sp³-hybridized carbons (Fsp3) is 0.348. The highest BCUT2D eigenvalue weighted by Gasteiger charge is 2.34. The number of benzene rings is 2. The van der Waals surface area contributed by atoms with Crippen LogP contribution in [0, 0.1) is 0 Å². The summed E-state index contributed by atoms with van der Waals surface area (Å²) >= 11 is 5.94. The molecule has 6 nitrogen and oxygen atoms in total. The molecule has 0 unspecified atom stereocenters. The Balaban J connectivity index is 1.48. The van der Waals surface area contributed by atoms with Crippen LogP contribution in [-0.2, 0) is 6.54 Å². The van der Waals surface area contributed by atoms with E-state index in [0.717, 1.165) is 37.1 Å². The fourth-order valence-corrected chi connectivity index (χ4v) is 3.54. The summed E-state index contributed by atoms with van der Waals surface area (Å²) in [6.45, 7) is 3.44. The maximum absolute atomic E-state index is 13.2. The number of amides is 1. The van der Waals surface area contributed by atoms with Gasteiger partial charge in [0, 0.05) is 41.5 Å². The van der Waals surface area contributed by atoms with Crippen molar-refractivity contribution >= 4 is 23.2 Å². The molecule has 0 aliphatic heterocycles. The predicted molar refractivity (Wildman–Crippen MR) is 118 cm³/mol. The Bertz CT molecular complexity index is 997. The van der Waals surface area contributed by atoms with Gasteiger partial charge in [0.2, 0.25) is 11.8 Å². The van der Waals surface area contributed by atoms with Gasteiger partial charge in [-0.25, -0.2) is 0 Å². The molecule has 0 radical (unpaired) electrons. The minimum absolute atomic E-state index is 0.00608. The minimum Gasteiger partial charge on any atom is -0.419 e. The van der Waals surface area contributed by atoms with Gasteiger partial charge in [-0.1, -0.05) is 18.5 Å². The summed E-state index contributed by atoms with van der Waals surface area (Å²) in [5.74, 6) is 0.848. The number of rotatable bonds is 8. The van der Waals surface area contributed by atoms with E-state index >= 15 is 0 Å². The van der Waals surface area contributed by atoms with Crippen LogP contribution < -0.4 is 4.90 Å². The fourth-order valence-electron chi connectivity index (χ4n) is 3.41. The topological polar surface area (TPSA) is 62.5 Å². The van der Waals surface area contributed by atoms with Gasteiger partial charge < -0.3 is 14.2 Å². The first-order valence-electron chi connectivity index (χ1n) is 10.3. The number of hydrogen-bond acceptors (Lipinski definition) is 5. The number of halogens is 1. The van der Waals surface area contributed by atoms with Crippen molar-refractivity contribution < 1.29 is 9.21 Å². The zero-order valence-electron chi connectivity index (χ0n) is 17.2. The first kappa shape index (κ1) is 20.4. The van der Waals surface area contributed by atoms with Gasteiger partial charge in [0.1, 0.15) is 0 Å². The Morgan fingerprint density at radius 1 is 1.10 bits per heavy atom. The molecule has 4 rings (SSSR count). The van der Waals surface area contributed by atoms with Gasteiger partial charge >= 0.3 is 0 Å². The van der Waals surface area contributed by atoms with Crippen molar-refractivity contribution in [2.75, 3.05) is 18.5 Å². The van der Waals surface area contributed by atoms with Crippen molar-refractivity contribution in [3.8, 4) is 11.5 Å². The number of carbonyl (C=O) groups is 1. The van der Waals surface area contributed by atoms with Crippen molar-refractivity contribution in [3.05, 3.63) is 65.0 Å². The molecule has 156 valence electrons. The highest BCUT2D eigenvalue weighted by molar-refractivity contribution is 6.30. The zero-order valence-corrected chi connectivity index (χ0v) is 18.0. The van der Waals surface area contributed by atoms with Crippen LogP contribution in [0.25, 0.3) is 11.5 Å². The third kappa shape index (κ3) is 4.65. The number of anilines is 1. The first-order valence-corrected chi connectivity index (χ1v) is 10.6. The maximum atomic E-state index is 13.2. The van der Waals surface area contributed by atoms with E-state index in [-0.39, 0.29) is 11.9 Å². The van der Waals surface area contributed by atoms with Gasteiger partial charge in [-0.15, -0.1) is 10.2 Å². The van der Waals surface area contributed by atoms with Gasteiger partial charge in [-0.2, -0.15) is 0 Å². The van der Waals surface area contributed by atoms with Crippen LogP contribution >= 0.6 is 11.6 Å². The molecule has 0 bridgehead atoms. The third-order valence-electron chi connectivity index (χ3n) is 5.23. The largest absolute Gasteiger partial charge is 0.419 e. The Hall–Kier alpha value is -2.86. The summed E-state index contributed by atoms with van der Waals surface area (Å²) in [6, 6.07) is 15.2. The van der Waals surface area contributed by atoms with Gasteiger partial charge in [-0.3, -0.25) is 4.79 Å². The lowest BCUT2D eigenvalue weighted by Gasteiger charge is -2.22. The molecule has 1 aliphatic carbocycles. The smallest absolute Gasteiger partial charge is 0.254 e. The summed E-state index contributed by atoms with van der Waals surface area (Å²) < 4.78 is 5.82. The van der Waals surface area contributed by atoms with Crippen LogP contribution in [0.5, 0.6) is 0 Å². The summed E-state index contributed by atoms with van der Waals surface area (Å²) in [6.07, 6.45) is 3.08. The van der Waals surface area contributed by atoms with Crippen molar-refractivity contribution in [2.24, 2.45) is 0 Å². The molecule has 0 N–H and O–H groups in total. The van der Waals surface area contributed by atoms with Crippen LogP contribution in [0.3, 0.4) is 0 Å². The summed E-state index contributed by atoms with van der Waals surface area (Å²) in [7, 11) is 2.06. The molecule has 0 saturated heterocycles. The summed E-state index contributed by atoms with van der Waals surface area (Å²) in [5.41, 5.74) is 2.58. The second kappa shape index (κ2) is 8.88. The molecule has 2 aromatic carbocycles. The highest BCUT2D eigenvalue weighted by atomic mass is 35.5. The van der Waals surface area contributed by atoms with Crippen molar-refractivity contribution in [2.45, 2.75) is 38.8 Å². The number of carbonyl (C=O) groups excluding carboxylic acids is 1. The second-order valence-corrected chi connectivity index (χ2v) is 8.08. The van der Waals surface area contributed by atoms with Crippen LogP contribution in [0.2, 0.25) is 5.02 Å². The molecule has 1 heterocycles. The van der Waals surface area contributed by atoms with Crippen LogP contribution in [0.4, 0.5) is 5.69 Å². The molecular formula is C23H25ClN4O2. The van der Waals surface area contributed by atoms with E-state index in [9.17, 15) is 4.79 Å². The zero-order chi connectivity index (χ0) is 21.1. The Morgan fingerprint density at radius 3 is 2.43 bits per heavy atom. The Kier molecular flexibility index (Phi) is 6.04. The number of hydrogen-bond donors (Lipinski definition) is 0. The normalized spacial score (nSPS) is 13.3. The molecule has 3 aromatic rings. The monoisotopic (exact) mass is 424 g/mol. The van der Waals surface area contributed by atoms with E-state index < -0.39 is 0 Å². The molecule has 7 heteroatoms. The van der Waals surface area contributed by atoms with Gasteiger partial charge in [-0.05, 0) is 67.8 Å². The van der Waals surface area contributed by atoms with Gasteiger partial charge in [0.05, 0.1) is 6.54 Å². The minimum atomic E-state index is -0.00608. The average molecular weight is 425 g/mol. The van der Waals surface area contributed by atoms with Crippen LogP contribution in [0.15, 0.2) is 52.9 Å². The quantitative estimate of drug-likeness (QED) is 0.506. The molecule has 1 aromatic heterocycles. The molecule has 0 atom stereocenters. The highest BCUT2D eigenvalue weighted by Crippen LogP contribution is 2.30. The van der Waals surface area contributed by atoms with Crippen molar-refractivity contribution in [3.63, 3.8) is 0 Å². The lowest BCUT2D eigenvalue weighted by atomic mass is 10.1. The van der Waals surface area contributed by atoms with E-state index in [2.05, 4.69) is 29.1 Å². The van der Waals surface area contributed by atoms with E-state index in [0.29, 0.717) is 28.9 Å². The first-order chi connectivity index (χ1) is 14.5. The number of aromatic nitrogens is 2. The molecule has 1 amide bonds. The molecule has 30 heavy (non-hydrogen) atoms. The number of nitrogens with zero attached hydrogens (tertiary/aromatic N) is 4. The lowest BCUT2D eigenvalue weighted by Crippen LogP contribution is -2.32. The molecule has 1 fully saturated rings. The van der Waals surface area contributed by atoms with E-state index in [1.165, 1.54) is 0 Å². The van der Waals surface area contributed by atoms with Crippen molar-refractivity contribution in [1.29, 1.82) is 0 Å². The molecule has 1 aliphatic rings. The summed E-state index contributed by atoms with van der Waals surface area (Å²) in [4.78, 5) is 17.2. The molecule has 0 spiro atoms. The Labute approximate surface area is 181 Å². The Morgan fingerprint density at radius 2 is 1.80 bits per heavy atom. The second-order valence-electron chi connectivity index (χ2n) is 7.64. The third-order valence-corrected chi connectivity index (χ3v) is 5.48. The van der Waals surface area contributed by atoms with E-state index in [1.54, 1.807) is 12.1 Å². The maximum Gasteiger partial charge on any atom is 0.254 e. The van der Waals surface area contributed by atoms with Crippen LogP contribution in [-0.4, -0.2) is 40.6 Å². The SMILES string of the molecule is CCCN(C)c1ccc(C(=O)N(Cc2nnc(-c3ccc(Cl)cc3)o2)C2CC2)cc1. The molecular weight excluding hydrogens is 400 g/mol.